The van der Waals surface area contributed by atoms with Gasteiger partial charge in [-0.25, -0.2) is 0 Å². The Labute approximate surface area is 222 Å². The lowest BCUT2D eigenvalue weighted by Crippen LogP contribution is -2.42. The van der Waals surface area contributed by atoms with Crippen LogP contribution in [0.1, 0.15) is 44.6 Å². The fourth-order valence-corrected chi connectivity index (χ4v) is 5.17. The molecule has 9 heteroatoms. The van der Waals surface area contributed by atoms with Gasteiger partial charge in [0.2, 0.25) is 11.8 Å². The molecule has 0 unspecified atom stereocenters. The summed E-state index contributed by atoms with van der Waals surface area (Å²) in [4.78, 5) is 40.6. The van der Waals surface area contributed by atoms with Crippen molar-refractivity contribution < 1.29 is 24.2 Å². The van der Waals surface area contributed by atoms with E-state index in [4.69, 9.17) is 16.3 Å². The molecule has 2 saturated heterocycles. The lowest BCUT2D eigenvalue weighted by atomic mass is 9.84. The van der Waals surface area contributed by atoms with Gasteiger partial charge in [0, 0.05) is 48.5 Å². The molecule has 0 aromatic heterocycles. The Morgan fingerprint density at radius 2 is 1.73 bits per heavy atom. The molecule has 0 bridgehead atoms. The number of aliphatic hydroxyl groups is 1. The van der Waals surface area contributed by atoms with Crippen molar-refractivity contribution in [2.24, 2.45) is 5.92 Å². The highest BCUT2D eigenvalue weighted by molar-refractivity contribution is 6.30. The van der Waals surface area contributed by atoms with Crippen molar-refractivity contribution in [2.75, 3.05) is 43.0 Å². The zero-order valence-corrected chi connectivity index (χ0v) is 21.9. The van der Waals surface area contributed by atoms with Crippen LogP contribution in [0.15, 0.2) is 48.5 Å². The Bertz CT molecular complexity index is 1110. The third-order valence-electron chi connectivity index (χ3n) is 7.27. The van der Waals surface area contributed by atoms with Crippen LogP contribution in [-0.4, -0.2) is 60.6 Å². The van der Waals surface area contributed by atoms with E-state index in [1.54, 1.807) is 24.0 Å². The van der Waals surface area contributed by atoms with E-state index in [-0.39, 0.29) is 30.8 Å². The molecule has 0 aliphatic carbocycles. The number of nitrogens with zero attached hydrogens (tertiary/aromatic N) is 2. The van der Waals surface area contributed by atoms with E-state index in [1.807, 2.05) is 36.4 Å². The van der Waals surface area contributed by atoms with Gasteiger partial charge < -0.3 is 25.0 Å². The number of amides is 2. The molecule has 2 fully saturated rings. The lowest BCUT2D eigenvalue weighted by molar-refractivity contribution is -0.149. The highest BCUT2D eigenvalue weighted by atomic mass is 35.5. The second-order valence-electron chi connectivity index (χ2n) is 9.70. The van der Waals surface area contributed by atoms with E-state index in [2.05, 4.69) is 10.2 Å². The van der Waals surface area contributed by atoms with Crippen LogP contribution in [0, 0.1) is 5.92 Å². The molecule has 2 N–H and O–H groups in total. The fraction of sp³-hybridized carbons (Fsp3) is 0.464. The summed E-state index contributed by atoms with van der Waals surface area (Å²) in [7, 11) is 0. The molecule has 4 rings (SSSR count). The topological polar surface area (TPSA) is 99.2 Å². The quantitative estimate of drug-likeness (QED) is 0.418. The van der Waals surface area contributed by atoms with Crippen LogP contribution in [-0.2, 0) is 24.7 Å². The van der Waals surface area contributed by atoms with Crippen LogP contribution in [0.25, 0.3) is 0 Å². The number of carbonyl (C=O) groups is 3. The molecule has 198 valence electrons. The minimum atomic E-state index is -0.876. The molecule has 2 aliphatic heterocycles. The summed E-state index contributed by atoms with van der Waals surface area (Å²) in [6.45, 7) is 4.22. The number of ether oxygens (including phenoxy) is 1. The number of nitrogens with one attached hydrogen (secondary N) is 1. The van der Waals surface area contributed by atoms with Gasteiger partial charge in [0.25, 0.3) is 0 Å². The van der Waals surface area contributed by atoms with Gasteiger partial charge in [0.05, 0.1) is 12.2 Å². The van der Waals surface area contributed by atoms with Crippen LogP contribution < -0.4 is 10.2 Å². The maximum Gasteiger partial charge on any atom is 0.315 e. The van der Waals surface area contributed by atoms with E-state index in [9.17, 15) is 19.5 Å². The first-order chi connectivity index (χ1) is 17.8. The van der Waals surface area contributed by atoms with E-state index < -0.39 is 11.6 Å². The van der Waals surface area contributed by atoms with E-state index in [1.165, 1.54) is 0 Å². The smallest absolute Gasteiger partial charge is 0.315 e. The molecule has 0 spiro atoms. The Morgan fingerprint density at radius 1 is 1.05 bits per heavy atom. The largest absolute Gasteiger partial charge is 0.466 e. The number of hydrogen-bond acceptors (Lipinski definition) is 6. The minimum absolute atomic E-state index is 0.0644. The summed E-state index contributed by atoms with van der Waals surface area (Å²) in [6, 6.07) is 15.1. The molecule has 0 saturated carbocycles. The molecule has 37 heavy (non-hydrogen) atoms. The maximum absolute atomic E-state index is 12.9. The Morgan fingerprint density at radius 3 is 2.38 bits per heavy atom. The van der Waals surface area contributed by atoms with Crippen molar-refractivity contribution in [2.45, 2.75) is 44.6 Å². The second-order valence-corrected chi connectivity index (χ2v) is 10.1. The van der Waals surface area contributed by atoms with Gasteiger partial charge in [0.15, 0.2) is 0 Å². The van der Waals surface area contributed by atoms with Gasteiger partial charge in [-0.15, -0.1) is 0 Å². The van der Waals surface area contributed by atoms with Gasteiger partial charge in [-0.2, -0.15) is 0 Å². The first-order valence-electron chi connectivity index (χ1n) is 12.8. The SMILES string of the molecule is CCOC(=O)CC(=O)N1CCC(C(=O)Nc2cccc(N3CCC(O)(c4ccc(Cl)cc4)CC3)c2)CC1. The van der Waals surface area contributed by atoms with Gasteiger partial charge in [0.1, 0.15) is 6.42 Å². The summed E-state index contributed by atoms with van der Waals surface area (Å²) < 4.78 is 4.85. The van der Waals surface area contributed by atoms with Crippen molar-refractivity contribution in [3.05, 3.63) is 59.1 Å². The molecule has 2 aromatic rings. The predicted molar refractivity (Wildman–Crippen MR) is 142 cm³/mol. The normalized spacial score (nSPS) is 17.8. The number of esters is 1. The highest BCUT2D eigenvalue weighted by Gasteiger charge is 2.34. The summed E-state index contributed by atoms with van der Waals surface area (Å²) in [5.41, 5.74) is 1.72. The number of anilines is 2. The number of carbonyl (C=O) groups excluding carboxylic acids is 3. The molecule has 2 aromatic carbocycles. The fourth-order valence-electron chi connectivity index (χ4n) is 5.05. The molecule has 8 nitrogen and oxygen atoms in total. The number of rotatable bonds is 7. The maximum atomic E-state index is 12.9. The van der Waals surface area contributed by atoms with Crippen molar-refractivity contribution in [1.29, 1.82) is 0 Å². The Hall–Kier alpha value is -3.10. The Balaban J connectivity index is 1.28. The van der Waals surface area contributed by atoms with Crippen molar-refractivity contribution in [3.63, 3.8) is 0 Å². The molecule has 0 atom stereocenters. The average Bonchev–Trinajstić information content (AvgIpc) is 2.90. The first kappa shape index (κ1) is 26.9. The summed E-state index contributed by atoms with van der Waals surface area (Å²) in [6.07, 6.45) is 2.04. The lowest BCUT2D eigenvalue weighted by Gasteiger charge is -2.39. The van der Waals surface area contributed by atoms with Crippen LogP contribution in [0.5, 0.6) is 0 Å². The van der Waals surface area contributed by atoms with Gasteiger partial charge in [-0.3, -0.25) is 14.4 Å². The van der Waals surface area contributed by atoms with E-state index in [0.29, 0.717) is 56.9 Å². The molecule has 0 radical (unpaired) electrons. The third kappa shape index (κ3) is 6.81. The zero-order chi connectivity index (χ0) is 26.4. The van der Waals surface area contributed by atoms with Crippen molar-refractivity contribution in [1.82, 2.24) is 4.90 Å². The van der Waals surface area contributed by atoms with E-state index >= 15 is 0 Å². The number of piperidine rings is 2. The minimum Gasteiger partial charge on any atom is -0.466 e. The van der Waals surface area contributed by atoms with E-state index in [0.717, 1.165) is 16.9 Å². The summed E-state index contributed by atoms with van der Waals surface area (Å²) in [5, 5.41) is 14.8. The molecule has 2 heterocycles. The van der Waals surface area contributed by atoms with Gasteiger partial charge in [-0.05, 0) is 68.5 Å². The monoisotopic (exact) mass is 527 g/mol. The molecule has 2 aliphatic rings. The zero-order valence-electron chi connectivity index (χ0n) is 21.1. The summed E-state index contributed by atoms with van der Waals surface area (Å²) >= 11 is 5.99. The van der Waals surface area contributed by atoms with Crippen LogP contribution in [0.2, 0.25) is 5.02 Å². The van der Waals surface area contributed by atoms with Crippen LogP contribution in [0.3, 0.4) is 0 Å². The van der Waals surface area contributed by atoms with Crippen LogP contribution >= 0.6 is 11.6 Å². The highest BCUT2D eigenvalue weighted by Crippen LogP contribution is 2.35. The number of benzene rings is 2. The number of hydrogen-bond donors (Lipinski definition) is 2. The third-order valence-corrected chi connectivity index (χ3v) is 7.52. The van der Waals surface area contributed by atoms with Gasteiger partial charge >= 0.3 is 5.97 Å². The second kappa shape index (κ2) is 12.0. The standard InChI is InChI=1S/C28H34ClN3O5/c1-2-37-26(34)19-25(33)32-14-10-20(11-15-32)27(35)30-23-4-3-5-24(18-23)31-16-12-28(36,13-17-31)21-6-8-22(29)9-7-21/h3-9,18,20,36H,2,10-17,19H2,1H3,(H,30,35). The average molecular weight is 528 g/mol. The molecule has 2 amide bonds. The van der Waals surface area contributed by atoms with Crippen LogP contribution in [0.4, 0.5) is 11.4 Å². The Kier molecular flexibility index (Phi) is 8.71. The number of likely N-dealkylation sites (tertiary alicyclic amines) is 1. The van der Waals surface area contributed by atoms with Gasteiger partial charge in [-0.1, -0.05) is 29.8 Å². The van der Waals surface area contributed by atoms with Crippen molar-refractivity contribution in [3.8, 4) is 0 Å². The predicted octanol–water partition coefficient (Wildman–Crippen LogP) is 3.96. The van der Waals surface area contributed by atoms with Crippen molar-refractivity contribution >= 4 is 40.8 Å². The summed E-state index contributed by atoms with van der Waals surface area (Å²) in [5.74, 6) is -1.03. The molecular weight excluding hydrogens is 494 g/mol. The molecular formula is C28H34ClN3O5. The number of halogens is 1. The first-order valence-corrected chi connectivity index (χ1v) is 13.2.